The Bertz CT molecular complexity index is 1440. The molecule has 0 atom stereocenters. The minimum absolute atomic E-state index is 0.374. The Hall–Kier alpha value is -4.50. The van der Waals surface area contributed by atoms with E-state index in [1.54, 1.807) is 45.7 Å². The van der Waals surface area contributed by atoms with Gasteiger partial charge in [0, 0.05) is 30.4 Å². The zero-order valence-electron chi connectivity index (χ0n) is 22.1. The van der Waals surface area contributed by atoms with Crippen LogP contribution in [-0.2, 0) is 4.74 Å². The summed E-state index contributed by atoms with van der Waals surface area (Å²) in [6.45, 7) is 4.73. The number of nitrogens with zero attached hydrogens (tertiary/aromatic N) is 1. The molecule has 0 aliphatic rings. The Morgan fingerprint density at radius 2 is 1.53 bits per heavy atom. The van der Waals surface area contributed by atoms with Crippen molar-refractivity contribution >= 4 is 28.3 Å². The third kappa shape index (κ3) is 5.90. The maximum absolute atomic E-state index is 12.7. The zero-order chi connectivity index (χ0) is 27.1. The molecule has 9 nitrogen and oxygen atoms in total. The van der Waals surface area contributed by atoms with Crippen LogP contribution in [0, 0.1) is 13.8 Å². The number of fused-ring (bicyclic) bond motifs is 1. The van der Waals surface area contributed by atoms with Crippen LogP contribution in [0.2, 0.25) is 0 Å². The molecule has 0 aliphatic carbocycles. The van der Waals surface area contributed by atoms with Crippen molar-refractivity contribution in [2.45, 2.75) is 13.8 Å². The van der Waals surface area contributed by atoms with Gasteiger partial charge >= 0.3 is 6.03 Å². The van der Waals surface area contributed by atoms with Crippen molar-refractivity contribution in [2.75, 3.05) is 45.2 Å². The van der Waals surface area contributed by atoms with Gasteiger partial charge in [-0.2, -0.15) is 0 Å². The molecule has 4 rings (SSSR count). The summed E-state index contributed by atoms with van der Waals surface area (Å²) in [5.41, 5.74) is 3.71. The van der Waals surface area contributed by atoms with Gasteiger partial charge in [-0.25, -0.2) is 4.79 Å². The smallest absolute Gasteiger partial charge is 0.323 e. The molecule has 2 amide bonds. The van der Waals surface area contributed by atoms with Crippen LogP contribution in [0.1, 0.15) is 11.1 Å². The summed E-state index contributed by atoms with van der Waals surface area (Å²) in [4.78, 5) is 17.1. The van der Waals surface area contributed by atoms with Crippen molar-refractivity contribution in [1.29, 1.82) is 0 Å². The summed E-state index contributed by atoms with van der Waals surface area (Å²) >= 11 is 0. The molecule has 0 saturated heterocycles. The number of carbonyl (C=O) groups excluding carboxylic acids is 1. The van der Waals surface area contributed by atoms with Gasteiger partial charge in [0.05, 0.1) is 32.0 Å². The number of pyridine rings is 1. The molecular formula is C29H31N3O6. The largest absolute Gasteiger partial charge is 0.495 e. The van der Waals surface area contributed by atoms with E-state index >= 15 is 0 Å². The molecule has 0 unspecified atom stereocenters. The SMILES string of the molecule is COCCOc1cc2nccc(Oc3ccc(NC(=O)Nc4ccccc4OC)c(C)c3C)c2cc1OC. The maximum Gasteiger partial charge on any atom is 0.323 e. The number of methoxy groups -OCH3 is 3. The highest BCUT2D eigenvalue weighted by molar-refractivity contribution is 6.01. The van der Waals surface area contributed by atoms with Crippen molar-refractivity contribution in [3.05, 3.63) is 71.9 Å². The van der Waals surface area contributed by atoms with Crippen LogP contribution in [0.4, 0.5) is 16.2 Å². The van der Waals surface area contributed by atoms with E-state index in [-0.39, 0.29) is 6.03 Å². The fraction of sp³-hybridized carbons (Fsp3) is 0.241. The second-order valence-electron chi connectivity index (χ2n) is 8.41. The Balaban J connectivity index is 1.55. The van der Waals surface area contributed by atoms with Crippen molar-refractivity contribution in [2.24, 2.45) is 0 Å². The molecule has 0 saturated carbocycles. The van der Waals surface area contributed by atoms with Gasteiger partial charge in [0.25, 0.3) is 0 Å². The van der Waals surface area contributed by atoms with E-state index in [9.17, 15) is 4.79 Å². The highest BCUT2D eigenvalue weighted by Gasteiger charge is 2.15. The van der Waals surface area contributed by atoms with Crippen molar-refractivity contribution in [1.82, 2.24) is 4.98 Å². The number of hydrogen-bond donors (Lipinski definition) is 2. The summed E-state index contributed by atoms with van der Waals surface area (Å²) < 4.78 is 28.0. The molecule has 1 heterocycles. The number of urea groups is 1. The quantitative estimate of drug-likeness (QED) is 0.237. The fourth-order valence-corrected chi connectivity index (χ4v) is 3.91. The average Bonchev–Trinajstić information content (AvgIpc) is 2.93. The number of hydrogen-bond acceptors (Lipinski definition) is 7. The normalized spacial score (nSPS) is 10.7. The first-order chi connectivity index (χ1) is 18.4. The fourth-order valence-electron chi connectivity index (χ4n) is 3.91. The van der Waals surface area contributed by atoms with E-state index in [1.165, 1.54) is 0 Å². The van der Waals surface area contributed by atoms with Gasteiger partial charge in [-0.05, 0) is 61.4 Å². The van der Waals surface area contributed by atoms with Crippen LogP contribution >= 0.6 is 0 Å². The molecule has 2 N–H and O–H groups in total. The van der Waals surface area contributed by atoms with E-state index in [4.69, 9.17) is 23.7 Å². The predicted molar refractivity (Wildman–Crippen MR) is 147 cm³/mol. The Labute approximate surface area is 221 Å². The second-order valence-corrected chi connectivity index (χ2v) is 8.41. The van der Waals surface area contributed by atoms with Crippen molar-refractivity contribution in [3.63, 3.8) is 0 Å². The van der Waals surface area contributed by atoms with Crippen molar-refractivity contribution in [3.8, 4) is 28.7 Å². The van der Waals surface area contributed by atoms with E-state index < -0.39 is 0 Å². The standard InChI is InChI=1S/C29H31N3O6/c1-18-19(2)24(11-10-21(18)31-29(33)32-22-8-6-7-9-26(22)35-4)38-25-12-13-30-23-17-28(37-15-14-34-3)27(36-5)16-20(23)25/h6-13,16-17H,14-15H2,1-5H3,(H2,31,32,33). The lowest BCUT2D eigenvalue weighted by Gasteiger charge is -2.17. The summed E-state index contributed by atoms with van der Waals surface area (Å²) in [7, 11) is 4.77. The Morgan fingerprint density at radius 1 is 0.763 bits per heavy atom. The number of aromatic nitrogens is 1. The van der Waals surface area contributed by atoms with Crippen LogP contribution in [0.3, 0.4) is 0 Å². The van der Waals surface area contributed by atoms with Gasteiger partial charge in [0.15, 0.2) is 11.5 Å². The highest BCUT2D eigenvalue weighted by Crippen LogP contribution is 2.38. The van der Waals surface area contributed by atoms with Gasteiger partial charge in [-0.15, -0.1) is 0 Å². The maximum atomic E-state index is 12.7. The summed E-state index contributed by atoms with van der Waals surface area (Å²) in [6.07, 6.45) is 1.68. The third-order valence-corrected chi connectivity index (χ3v) is 6.09. The first-order valence-electron chi connectivity index (χ1n) is 12.0. The van der Waals surface area contributed by atoms with E-state index in [0.717, 1.165) is 16.5 Å². The van der Waals surface area contributed by atoms with Gasteiger partial charge in [-0.3, -0.25) is 4.98 Å². The minimum atomic E-state index is -0.374. The van der Waals surface area contributed by atoms with Crippen LogP contribution < -0.4 is 29.6 Å². The molecule has 9 heteroatoms. The predicted octanol–water partition coefficient (Wildman–Crippen LogP) is 6.33. The monoisotopic (exact) mass is 517 g/mol. The molecule has 4 aromatic rings. The number of ether oxygens (including phenoxy) is 5. The summed E-state index contributed by atoms with van der Waals surface area (Å²) in [6, 6.07) is 16.0. The molecular weight excluding hydrogens is 486 g/mol. The van der Waals surface area contributed by atoms with Crippen LogP contribution in [0.15, 0.2) is 60.8 Å². The van der Waals surface area contributed by atoms with Crippen molar-refractivity contribution < 1.29 is 28.5 Å². The second kappa shape index (κ2) is 12.2. The topological polar surface area (TPSA) is 100 Å². The lowest BCUT2D eigenvalue weighted by atomic mass is 10.1. The van der Waals surface area contributed by atoms with Crippen LogP contribution in [0.25, 0.3) is 10.9 Å². The molecule has 3 aromatic carbocycles. The number of anilines is 2. The lowest BCUT2D eigenvalue weighted by Crippen LogP contribution is -2.20. The van der Waals surface area contributed by atoms with Crippen LogP contribution in [0.5, 0.6) is 28.7 Å². The molecule has 38 heavy (non-hydrogen) atoms. The first kappa shape index (κ1) is 26.6. The van der Waals surface area contributed by atoms with E-state index in [2.05, 4.69) is 15.6 Å². The molecule has 0 aliphatic heterocycles. The Morgan fingerprint density at radius 3 is 2.29 bits per heavy atom. The van der Waals surface area contributed by atoms with Crippen LogP contribution in [-0.4, -0.2) is 45.6 Å². The minimum Gasteiger partial charge on any atom is -0.495 e. The van der Waals surface area contributed by atoms with Gasteiger partial charge in [0.1, 0.15) is 23.9 Å². The molecule has 0 radical (unpaired) electrons. The number of para-hydroxylation sites is 2. The first-order valence-corrected chi connectivity index (χ1v) is 12.0. The number of benzene rings is 3. The van der Waals surface area contributed by atoms with Gasteiger partial charge < -0.3 is 34.3 Å². The summed E-state index contributed by atoms with van der Waals surface area (Å²) in [5.74, 6) is 3.00. The molecule has 1 aromatic heterocycles. The van der Waals surface area contributed by atoms with Gasteiger partial charge in [0.2, 0.25) is 0 Å². The third-order valence-electron chi connectivity index (χ3n) is 6.09. The zero-order valence-corrected chi connectivity index (χ0v) is 22.1. The number of rotatable bonds is 10. The number of carbonyl (C=O) groups is 1. The summed E-state index contributed by atoms with van der Waals surface area (Å²) in [5, 5.41) is 6.50. The Kier molecular flexibility index (Phi) is 8.50. The molecule has 0 bridgehead atoms. The van der Waals surface area contributed by atoms with Gasteiger partial charge in [-0.1, -0.05) is 12.1 Å². The molecule has 198 valence electrons. The number of nitrogens with one attached hydrogen (secondary N) is 2. The number of amides is 2. The average molecular weight is 518 g/mol. The van der Waals surface area contributed by atoms with E-state index in [1.807, 2.05) is 50.2 Å². The van der Waals surface area contributed by atoms with E-state index in [0.29, 0.717) is 58.9 Å². The highest BCUT2D eigenvalue weighted by atomic mass is 16.5. The lowest BCUT2D eigenvalue weighted by molar-refractivity contribution is 0.144. The molecule has 0 spiro atoms. The molecule has 0 fully saturated rings.